The number of pyridine rings is 1. The van der Waals surface area contributed by atoms with E-state index < -0.39 is 0 Å². The summed E-state index contributed by atoms with van der Waals surface area (Å²) < 4.78 is 11.3. The van der Waals surface area contributed by atoms with Crippen molar-refractivity contribution in [3.8, 4) is 11.5 Å². The van der Waals surface area contributed by atoms with Gasteiger partial charge in [0.05, 0.1) is 6.20 Å². The summed E-state index contributed by atoms with van der Waals surface area (Å²) in [5.74, 6) is 1.49. The fraction of sp³-hybridized carbons (Fsp3) is 0.125. The van der Waals surface area contributed by atoms with E-state index in [0.717, 1.165) is 11.1 Å². The molecule has 0 amide bonds. The van der Waals surface area contributed by atoms with E-state index in [1.807, 2.05) is 31.2 Å². The van der Waals surface area contributed by atoms with Crippen LogP contribution in [0.15, 0.2) is 51.6 Å². The van der Waals surface area contributed by atoms with Gasteiger partial charge in [-0.05, 0) is 19.1 Å². The Labute approximate surface area is 125 Å². The van der Waals surface area contributed by atoms with Crippen LogP contribution in [0.5, 0.6) is 0 Å². The number of aromatic nitrogens is 4. The molecule has 0 aliphatic rings. The summed E-state index contributed by atoms with van der Waals surface area (Å²) in [7, 11) is 0. The summed E-state index contributed by atoms with van der Waals surface area (Å²) >= 11 is 0. The van der Waals surface area contributed by atoms with Gasteiger partial charge in [0.25, 0.3) is 0 Å². The first-order chi connectivity index (χ1) is 10.8. The average Bonchev–Trinajstić information content (AvgIpc) is 3.14. The zero-order valence-corrected chi connectivity index (χ0v) is 11.9. The van der Waals surface area contributed by atoms with Crippen molar-refractivity contribution in [1.82, 2.24) is 20.2 Å². The van der Waals surface area contributed by atoms with E-state index in [9.17, 15) is 0 Å². The van der Waals surface area contributed by atoms with Crippen LogP contribution in [0, 0.1) is 6.92 Å². The summed E-state index contributed by atoms with van der Waals surface area (Å²) in [6.07, 6.45) is 3.68. The Balaban J connectivity index is 1.60. The molecule has 6 heteroatoms. The summed E-state index contributed by atoms with van der Waals surface area (Å²) in [4.78, 5) is 8.35. The molecule has 0 saturated heterocycles. The van der Waals surface area contributed by atoms with Gasteiger partial charge in [-0.1, -0.05) is 17.7 Å². The zero-order valence-electron chi connectivity index (χ0n) is 11.9. The second-order valence-corrected chi connectivity index (χ2v) is 4.99. The molecule has 0 aliphatic carbocycles. The molecule has 0 aliphatic heterocycles. The number of aryl methyl sites for hydroxylation is 1. The molecule has 0 atom stereocenters. The Morgan fingerprint density at radius 1 is 0.955 bits per heavy atom. The Bertz CT molecular complexity index is 892. The molecule has 0 N–H and O–H groups in total. The molecule has 3 aromatic heterocycles. The van der Waals surface area contributed by atoms with Gasteiger partial charge in [0, 0.05) is 17.8 Å². The molecule has 1 aromatic carbocycles. The molecule has 22 heavy (non-hydrogen) atoms. The van der Waals surface area contributed by atoms with E-state index in [0.29, 0.717) is 29.7 Å². The van der Waals surface area contributed by atoms with Crippen LogP contribution < -0.4 is 0 Å². The number of hydrogen-bond donors (Lipinski definition) is 0. The molecule has 4 aromatic rings. The van der Waals surface area contributed by atoms with Gasteiger partial charge >= 0.3 is 0 Å². The van der Waals surface area contributed by atoms with Crippen LogP contribution >= 0.6 is 0 Å². The number of nitrogens with zero attached hydrogens (tertiary/aromatic N) is 4. The lowest BCUT2D eigenvalue weighted by Gasteiger charge is -1.95. The number of fused-ring (bicyclic) bond motifs is 1. The van der Waals surface area contributed by atoms with Crippen molar-refractivity contribution in [2.75, 3.05) is 0 Å². The second kappa shape index (κ2) is 5.07. The van der Waals surface area contributed by atoms with Crippen LogP contribution in [0.25, 0.3) is 22.6 Å². The number of oxazole rings is 1. The van der Waals surface area contributed by atoms with Crippen LogP contribution in [-0.4, -0.2) is 20.2 Å². The molecule has 3 heterocycles. The Morgan fingerprint density at radius 3 is 2.64 bits per heavy atom. The van der Waals surface area contributed by atoms with Gasteiger partial charge in [0.1, 0.15) is 11.9 Å². The van der Waals surface area contributed by atoms with Gasteiger partial charge in [-0.2, -0.15) is 0 Å². The van der Waals surface area contributed by atoms with Crippen molar-refractivity contribution in [2.24, 2.45) is 0 Å². The van der Waals surface area contributed by atoms with E-state index in [2.05, 4.69) is 20.2 Å². The fourth-order valence-corrected chi connectivity index (χ4v) is 2.17. The third-order valence-corrected chi connectivity index (χ3v) is 3.30. The van der Waals surface area contributed by atoms with E-state index in [1.165, 1.54) is 5.56 Å². The monoisotopic (exact) mass is 292 g/mol. The van der Waals surface area contributed by atoms with Crippen molar-refractivity contribution in [3.63, 3.8) is 0 Å². The minimum Gasteiger partial charge on any atom is -0.440 e. The maximum Gasteiger partial charge on any atom is 0.247 e. The third-order valence-electron chi connectivity index (χ3n) is 3.30. The lowest BCUT2D eigenvalue weighted by Crippen LogP contribution is -1.87. The van der Waals surface area contributed by atoms with Gasteiger partial charge in [-0.25, -0.2) is 4.98 Å². The predicted octanol–water partition coefficient (Wildman–Crippen LogP) is 3.17. The highest BCUT2D eigenvalue weighted by atomic mass is 16.4. The summed E-state index contributed by atoms with van der Waals surface area (Å²) in [5, 5.41) is 8.12. The number of rotatable bonds is 3. The van der Waals surface area contributed by atoms with E-state index in [4.69, 9.17) is 8.83 Å². The topological polar surface area (TPSA) is 77.8 Å². The minimum absolute atomic E-state index is 0.355. The van der Waals surface area contributed by atoms with Gasteiger partial charge in [0.15, 0.2) is 5.58 Å². The Hall–Kier alpha value is -3.02. The minimum atomic E-state index is 0.355. The molecule has 0 fully saturated rings. The molecular weight excluding hydrogens is 280 g/mol. The zero-order chi connectivity index (χ0) is 14.9. The smallest absolute Gasteiger partial charge is 0.247 e. The van der Waals surface area contributed by atoms with Crippen LogP contribution in [0.2, 0.25) is 0 Å². The van der Waals surface area contributed by atoms with Gasteiger partial charge < -0.3 is 8.83 Å². The highest BCUT2D eigenvalue weighted by Gasteiger charge is 2.13. The Kier molecular flexibility index (Phi) is 2.93. The number of hydrogen-bond acceptors (Lipinski definition) is 6. The van der Waals surface area contributed by atoms with Crippen molar-refractivity contribution < 1.29 is 8.83 Å². The van der Waals surface area contributed by atoms with E-state index in [1.54, 1.807) is 18.5 Å². The second-order valence-electron chi connectivity index (χ2n) is 4.99. The molecular formula is C16H12N4O2. The highest BCUT2D eigenvalue weighted by Crippen LogP contribution is 2.20. The lowest BCUT2D eigenvalue weighted by atomic mass is 10.1. The predicted molar refractivity (Wildman–Crippen MR) is 79.1 cm³/mol. The van der Waals surface area contributed by atoms with Crippen molar-refractivity contribution in [3.05, 3.63) is 60.1 Å². The lowest BCUT2D eigenvalue weighted by molar-refractivity contribution is 0.476. The summed E-state index contributed by atoms with van der Waals surface area (Å²) in [6.45, 7) is 2.03. The van der Waals surface area contributed by atoms with Crippen LogP contribution in [-0.2, 0) is 6.42 Å². The van der Waals surface area contributed by atoms with Crippen LogP contribution in [0.3, 0.4) is 0 Å². The normalized spacial score (nSPS) is 11.1. The average molecular weight is 292 g/mol. The SMILES string of the molecule is Cc1ccc(-c2nnc(Cc3nc4cnccc4o3)o2)cc1. The number of benzene rings is 1. The third kappa shape index (κ3) is 2.35. The largest absolute Gasteiger partial charge is 0.440 e. The van der Waals surface area contributed by atoms with Crippen molar-refractivity contribution >= 4 is 11.1 Å². The highest BCUT2D eigenvalue weighted by molar-refractivity contribution is 5.70. The molecule has 0 radical (unpaired) electrons. The first kappa shape index (κ1) is 12.7. The summed E-state index contributed by atoms with van der Waals surface area (Å²) in [5.41, 5.74) is 3.49. The molecule has 0 bridgehead atoms. The van der Waals surface area contributed by atoms with Crippen molar-refractivity contribution in [2.45, 2.75) is 13.3 Å². The van der Waals surface area contributed by atoms with Gasteiger partial charge in [0.2, 0.25) is 17.7 Å². The molecule has 6 nitrogen and oxygen atoms in total. The molecule has 0 saturated carbocycles. The van der Waals surface area contributed by atoms with E-state index in [-0.39, 0.29) is 0 Å². The van der Waals surface area contributed by atoms with Gasteiger partial charge in [-0.3, -0.25) is 4.98 Å². The molecule has 4 rings (SSSR count). The molecule has 0 spiro atoms. The maximum absolute atomic E-state index is 5.67. The first-order valence-corrected chi connectivity index (χ1v) is 6.87. The summed E-state index contributed by atoms with van der Waals surface area (Å²) in [6, 6.07) is 9.70. The standard InChI is InChI=1S/C16H12N4O2/c1-10-2-4-11(5-3-10)16-20-19-15(22-16)8-14-18-12-9-17-7-6-13(12)21-14/h2-7,9H,8H2,1H3. The quantitative estimate of drug-likeness (QED) is 0.577. The van der Waals surface area contributed by atoms with Crippen LogP contribution in [0.4, 0.5) is 0 Å². The van der Waals surface area contributed by atoms with Gasteiger partial charge in [-0.15, -0.1) is 10.2 Å². The van der Waals surface area contributed by atoms with Crippen LogP contribution in [0.1, 0.15) is 17.3 Å². The molecule has 0 unspecified atom stereocenters. The Morgan fingerprint density at radius 2 is 1.82 bits per heavy atom. The van der Waals surface area contributed by atoms with E-state index >= 15 is 0 Å². The fourth-order valence-electron chi connectivity index (χ4n) is 2.17. The maximum atomic E-state index is 5.67. The first-order valence-electron chi connectivity index (χ1n) is 6.87. The molecule has 108 valence electrons. The van der Waals surface area contributed by atoms with Crippen molar-refractivity contribution in [1.29, 1.82) is 0 Å².